The molecule has 2 aromatic rings. The average Bonchev–Trinajstić information content (AvgIpc) is 2.95. The summed E-state index contributed by atoms with van der Waals surface area (Å²) in [6, 6.07) is 6.23. The predicted octanol–water partition coefficient (Wildman–Crippen LogP) is 2.27. The molecule has 9 heteroatoms. The van der Waals surface area contributed by atoms with Gasteiger partial charge >= 0.3 is 6.03 Å². The predicted molar refractivity (Wildman–Crippen MR) is 105 cm³/mol. The third-order valence-corrected chi connectivity index (χ3v) is 3.44. The molecule has 0 aliphatic rings. The van der Waals surface area contributed by atoms with Crippen molar-refractivity contribution in [3.8, 4) is 0 Å². The smallest absolute Gasteiger partial charge is 0.319 e. The van der Waals surface area contributed by atoms with Gasteiger partial charge in [0.25, 0.3) is 0 Å². The Kier molecular flexibility index (Phi) is 8.08. The van der Waals surface area contributed by atoms with Crippen LogP contribution in [0.2, 0.25) is 0 Å². The number of likely N-dealkylation sites (N-methyl/N-ethyl adjacent to an activating group) is 1. The molecular weight excluding hydrogens is 356 g/mol. The lowest BCUT2D eigenvalue weighted by molar-refractivity contribution is -0.118. The van der Waals surface area contributed by atoms with Crippen LogP contribution in [0.4, 0.5) is 16.2 Å². The third kappa shape index (κ3) is 6.05. The minimum Gasteiger partial charge on any atom is -0.336 e. The van der Waals surface area contributed by atoms with Crippen LogP contribution in [0.5, 0.6) is 0 Å². The van der Waals surface area contributed by atoms with Crippen molar-refractivity contribution in [2.75, 3.05) is 17.7 Å². The molecule has 3 amide bonds. The van der Waals surface area contributed by atoms with E-state index < -0.39 is 6.04 Å². The average molecular weight is 381 g/mol. The fraction of sp³-hybridized carbons (Fsp3) is 0.353. The number of benzene rings is 1. The number of rotatable bonds is 6. The normalized spacial score (nSPS) is 11.4. The summed E-state index contributed by atoms with van der Waals surface area (Å²) < 4.78 is 1.65. The van der Waals surface area contributed by atoms with Crippen LogP contribution in [0.1, 0.15) is 25.5 Å². The minimum atomic E-state index is -0.497. The Morgan fingerprint density at radius 3 is 2.12 bits per heavy atom. The highest BCUT2D eigenvalue weighted by molar-refractivity contribution is 5.96. The second kappa shape index (κ2) is 9.79. The number of hydrogen-bond acceptors (Lipinski definition) is 4. The number of amides is 3. The quantitative estimate of drug-likeness (QED) is 0.617. The van der Waals surface area contributed by atoms with E-state index in [1.807, 2.05) is 13.8 Å². The van der Waals surface area contributed by atoms with E-state index in [2.05, 4.69) is 26.4 Å². The first kappa shape index (κ1) is 21.5. The number of nitrogens with zero attached hydrogens (tertiary/aromatic N) is 2. The maximum Gasteiger partial charge on any atom is 0.319 e. The zero-order valence-corrected chi connectivity index (χ0v) is 16.1. The van der Waals surface area contributed by atoms with Gasteiger partial charge in [-0.05, 0) is 45.2 Å². The molecule has 142 valence electrons. The number of hydrogen-bond donors (Lipinski definition) is 4. The van der Waals surface area contributed by atoms with Crippen LogP contribution in [-0.4, -0.2) is 34.8 Å². The Balaban J connectivity index is 0.00000338. The van der Waals surface area contributed by atoms with Crippen molar-refractivity contribution in [1.29, 1.82) is 0 Å². The molecule has 0 aliphatic carbocycles. The van der Waals surface area contributed by atoms with E-state index in [1.54, 1.807) is 55.4 Å². The van der Waals surface area contributed by atoms with Crippen molar-refractivity contribution in [2.45, 2.75) is 25.9 Å². The molecule has 0 radical (unpaired) electrons. The zero-order chi connectivity index (χ0) is 18.4. The van der Waals surface area contributed by atoms with Gasteiger partial charge in [-0.25, -0.2) is 4.79 Å². The van der Waals surface area contributed by atoms with Crippen LogP contribution in [0.3, 0.4) is 0 Å². The van der Waals surface area contributed by atoms with Gasteiger partial charge in [0.1, 0.15) is 6.04 Å². The number of carbonyl (C=O) groups is 2. The van der Waals surface area contributed by atoms with Crippen LogP contribution in [-0.2, 0) is 11.8 Å². The van der Waals surface area contributed by atoms with Crippen LogP contribution in [0, 0.1) is 0 Å². The van der Waals surface area contributed by atoms with Crippen molar-refractivity contribution in [3.63, 3.8) is 0 Å². The lowest BCUT2D eigenvalue weighted by atomic mass is 10.1. The lowest BCUT2D eigenvalue weighted by Crippen LogP contribution is -2.34. The fourth-order valence-electron chi connectivity index (χ4n) is 2.32. The zero-order valence-electron chi connectivity index (χ0n) is 15.2. The molecule has 0 spiro atoms. The van der Waals surface area contributed by atoms with Crippen LogP contribution < -0.4 is 21.3 Å². The monoisotopic (exact) mass is 380 g/mol. The highest BCUT2D eigenvalue weighted by atomic mass is 35.5. The summed E-state index contributed by atoms with van der Waals surface area (Å²) in [5.74, 6) is -0.186. The van der Waals surface area contributed by atoms with Crippen LogP contribution in [0.15, 0.2) is 36.7 Å². The first-order valence-corrected chi connectivity index (χ1v) is 8.03. The van der Waals surface area contributed by atoms with Gasteiger partial charge in [-0.15, -0.1) is 12.4 Å². The van der Waals surface area contributed by atoms with E-state index >= 15 is 0 Å². The van der Waals surface area contributed by atoms with Gasteiger partial charge in [-0.1, -0.05) is 0 Å². The SMILES string of the molecule is CNC(C(=O)Nc1ccc(NC(=O)NC(C)C)cc1)c1cnn(C)c1.Cl. The molecule has 0 saturated heterocycles. The third-order valence-electron chi connectivity index (χ3n) is 3.44. The number of halogens is 1. The number of anilines is 2. The molecule has 8 nitrogen and oxygen atoms in total. The summed E-state index contributed by atoms with van der Waals surface area (Å²) in [5, 5.41) is 15.4. The molecule has 4 N–H and O–H groups in total. The first-order chi connectivity index (χ1) is 11.9. The second-order valence-corrected chi connectivity index (χ2v) is 5.99. The summed E-state index contributed by atoms with van der Waals surface area (Å²) in [5.41, 5.74) is 2.07. The van der Waals surface area contributed by atoms with E-state index in [-0.39, 0.29) is 30.4 Å². The Labute approximate surface area is 159 Å². The van der Waals surface area contributed by atoms with Crippen LogP contribution >= 0.6 is 12.4 Å². The van der Waals surface area contributed by atoms with Crippen molar-refractivity contribution in [3.05, 3.63) is 42.2 Å². The van der Waals surface area contributed by atoms with Gasteiger partial charge in [0.05, 0.1) is 6.20 Å². The van der Waals surface area contributed by atoms with Crippen molar-refractivity contribution >= 4 is 35.7 Å². The molecule has 0 fully saturated rings. The van der Waals surface area contributed by atoms with E-state index in [1.165, 1.54) is 0 Å². The van der Waals surface area contributed by atoms with E-state index in [9.17, 15) is 9.59 Å². The van der Waals surface area contributed by atoms with Gasteiger partial charge in [-0.3, -0.25) is 9.48 Å². The summed E-state index contributed by atoms with van der Waals surface area (Å²) in [4.78, 5) is 24.1. The van der Waals surface area contributed by atoms with E-state index in [0.717, 1.165) is 5.56 Å². The van der Waals surface area contributed by atoms with Gasteiger partial charge < -0.3 is 21.3 Å². The van der Waals surface area contributed by atoms with Gasteiger partial charge in [0, 0.05) is 36.2 Å². The Morgan fingerprint density at radius 1 is 1.08 bits per heavy atom. The molecule has 1 aromatic heterocycles. The van der Waals surface area contributed by atoms with Gasteiger partial charge in [-0.2, -0.15) is 5.10 Å². The maximum atomic E-state index is 12.4. The second-order valence-electron chi connectivity index (χ2n) is 5.99. The molecule has 1 heterocycles. The molecular formula is C17H25ClN6O2. The molecule has 0 saturated carbocycles. The Hall–Kier alpha value is -2.58. The van der Waals surface area contributed by atoms with Crippen LogP contribution in [0.25, 0.3) is 0 Å². The van der Waals surface area contributed by atoms with Gasteiger partial charge in [0.15, 0.2) is 0 Å². The molecule has 1 unspecified atom stereocenters. The summed E-state index contributed by atoms with van der Waals surface area (Å²) in [7, 11) is 3.52. The Bertz CT molecular complexity index is 729. The van der Waals surface area contributed by atoms with Crippen molar-refractivity contribution < 1.29 is 9.59 Å². The lowest BCUT2D eigenvalue weighted by Gasteiger charge is -2.15. The maximum absolute atomic E-state index is 12.4. The number of nitrogens with one attached hydrogen (secondary N) is 4. The van der Waals surface area contributed by atoms with Crippen molar-refractivity contribution in [2.24, 2.45) is 7.05 Å². The number of carbonyl (C=O) groups excluding carboxylic acids is 2. The number of aromatic nitrogens is 2. The fourth-order valence-corrected chi connectivity index (χ4v) is 2.32. The topological polar surface area (TPSA) is 100 Å². The summed E-state index contributed by atoms with van der Waals surface area (Å²) in [6.07, 6.45) is 3.45. The van der Waals surface area contributed by atoms with E-state index in [4.69, 9.17) is 0 Å². The highest BCUT2D eigenvalue weighted by Crippen LogP contribution is 2.17. The number of urea groups is 1. The molecule has 1 atom stereocenters. The van der Waals surface area contributed by atoms with Crippen molar-refractivity contribution in [1.82, 2.24) is 20.4 Å². The molecule has 0 bridgehead atoms. The number of aryl methyl sites for hydroxylation is 1. The summed E-state index contributed by atoms with van der Waals surface area (Å²) >= 11 is 0. The molecule has 2 rings (SSSR count). The molecule has 0 aliphatic heterocycles. The first-order valence-electron chi connectivity index (χ1n) is 8.03. The standard InChI is InChI=1S/C17H24N6O2.ClH/c1-11(2)20-17(25)22-14-7-5-13(6-8-14)21-16(24)15(18-3)12-9-19-23(4)10-12;/h5-11,15,18H,1-4H3,(H,21,24)(H2,20,22,25);1H. The van der Waals surface area contributed by atoms with E-state index in [0.29, 0.717) is 11.4 Å². The molecule has 26 heavy (non-hydrogen) atoms. The minimum absolute atomic E-state index is 0. The largest absolute Gasteiger partial charge is 0.336 e. The van der Waals surface area contributed by atoms with Gasteiger partial charge in [0.2, 0.25) is 5.91 Å². The molecule has 1 aromatic carbocycles. The highest BCUT2D eigenvalue weighted by Gasteiger charge is 2.20. The summed E-state index contributed by atoms with van der Waals surface area (Å²) in [6.45, 7) is 3.78. The Morgan fingerprint density at radius 2 is 1.65 bits per heavy atom.